The molecule has 4 heteroatoms. The summed E-state index contributed by atoms with van der Waals surface area (Å²) in [5.74, 6) is 7.30. The van der Waals surface area contributed by atoms with Gasteiger partial charge in [0.15, 0.2) is 0 Å². The van der Waals surface area contributed by atoms with Gasteiger partial charge in [-0.2, -0.15) is 0 Å². The van der Waals surface area contributed by atoms with Gasteiger partial charge in [0, 0.05) is 16.5 Å². The van der Waals surface area contributed by atoms with E-state index in [4.69, 9.17) is 17.3 Å². The van der Waals surface area contributed by atoms with Crippen LogP contribution in [0.1, 0.15) is 31.2 Å². The van der Waals surface area contributed by atoms with E-state index in [1.807, 2.05) is 6.07 Å². The van der Waals surface area contributed by atoms with Crippen molar-refractivity contribution in [3.05, 3.63) is 28.8 Å². The molecule has 2 aliphatic rings. The van der Waals surface area contributed by atoms with Crippen LogP contribution in [0.15, 0.2) is 18.2 Å². The maximum Gasteiger partial charge on any atom is 0.228 e. The maximum atomic E-state index is 12.4. The van der Waals surface area contributed by atoms with Gasteiger partial charge in [-0.15, -0.1) is 0 Å². The summed E-state index contributed by atoms with van der Waals surface area (Å²) < 4.78 is 0. The molecular weight excluding hydrogens is 284 g/mol. The second-order valence-corrected chi connectivity index (χ2v) is 6.26. The van der Waals surface area contributed by atoms with Crippen LogP contribution >= 0.6 is 11.6 Å². The third-order valence-electron chi connectivity index (χ3n) is 4.52. The average molecular weight is 303 g/mol. The molecule has 0 saturated heterocycles. The lowest BCUT2D eigenvalue weighted by Crippen LogP contribution is -2.16. The van der Waals surface area contributed by atoms with Gasteiger partial charge in [-0.05, 0) is 42.9 Å². The van der Waals surface area contributed by atoms with Crippen LogP contribution in [0.4, 0.5) is 5.69 Å². The fraction of sp³-hybridized carbons (Fsp3) is 0.471. The van der Waals surface area contributed by atoms with Gasteiger partial charge in [-0.3, -0.25) is 4.79 Å². The molecule has 0 spiro atoms. The second kappa shape index (κ2) is 6.09. The number of hydrogen-bond donors (Lipinski definition) is 2. The van der Waals surface area contributed by atoms with Gasteiger partial charge >= 0.3 is 0 Å². The molecule has 3 rings (SSSR count). The smallest absolute Gasteiger partial charge is 0.228 e. The van der Waals surface area contributed by atoms with Crippen LogP contribution in [0, 0.1) is 29.6 Å². The Morgan fingerprint density at radius 1 is 1.33 bits per heavy atom. The van der Waals surface area contributed by atoms with E-state index in [2.05, 4.69) is 17.2 Å². The van der Waals surface area contributed by atoms with Crippen molar-refractivity contribution in [2.45, 2.75) is 25.7 Å². The Kier molecular flexibility index (Phi) is 4.19. The Bertz CT molecular complexity index is 605. The summed E-state index contributed by atoms with van der Waals surface area (Å²) in [6, 6.07) is 5.34. The summed E-state index contributed by atoms with van der Waals surface area (Å²) in [4.78, 5) is 12.4. The fourth-order valence-electron chi connectivity index (χ4n) is 3.47. The van der Waals surface area contributed by atoms with E-state index in [1.54, 1.807) is 12.1 Å². The molecule has 0 bridgehead atoms. The second-order valence-electron chi connectivity index (χ2n) is 5.82. The lowest BCUT2D eigenvalue weighted by molar-refractivity contribution is -0.117. The monoisotopic (exact) mass is 302 g/mol. The molecule has 1 aromatic rings. The van der Waals surface area contributed by atoms with Crippen molar-refractivity contribution in [2.75, 3.05) is 11.9 Å². The molecule has 2 aliphatic carbocycles. The molecule has 21 heavy (non-hydrogen) atoms. The summed E-state index contributed by atoms with van der Waals surface area (Å²) in [6.07, 6.45) is 4.92. The number of benzene rings is 1. The summed E-state index contributed by atoms with van der Waals surface area (Å²) >= 11 is 5.99. The minimum atomic E-state index is 0.130. The first kappa shape index (κ1) is 14.4. The average Bonchev–Trinajstić information content (AvgIpc) is 3.22. The highest BCUT2D eigenvalue weighted by Crippen LogP contribution is 2.55. The molecule has 2 saturated carbocycles. The number of amides is 1. The Morgan fingerprint density at radius 3 is 2.71 bits per heavy atom. The SMILES string of the molecule is NCC#Cc1cc(Cl)ccc1NC(=O)C1C2CCCCC21. The zero-order valence-corrected chi connectivity index (χ0v) is 12.6. The summed E-state index contributed by atoms with van der Waals surface area (Å²) in [7, 11) is 0. The van der Waals surface area contributed by atoms with Crippen molar-refractivity contribution in [1.82, 2.24) is 0 Å². The molecule has 2 fully saturated rings. The molecule has 0 radical (unpaired) electrons. The molecule has 0 aliphatic heterocycles. The predicted molar refractivity (Wildman–Crippen MR) is 85.0 cm³/mol. The van der Waals surface area contributed by atoms with Gasteiger partial charge in [-0.1, -0.05) is 36.3 Å². The zero-order valence-electron chi connectivity index (χ0n) is 11.9. The van der Waals surface area contributed by atoms with Gasteiger partial charge in [0.1, 0.15) is 0 Å². The van der Waals surface area contributed by atoms with Crippen molar-refractivity contribution in [1.29, 1.82) is 0 Å². The van der Waals surface area contributed by atoms with E-state index in [9.17, 15) is 4.79 Å². The number of nitrogens with two attached hydrogens (primary N) is 1. The summed E-state index contributed by atoms with van der Waals surface area (Å²) in [6.45, 7) is 0.284. The lowest BCUT2D eigenvalue weighted by Gasteiger charge is -2.08. The number of fused-ring (bicyclic) bond motifs is 1. The van der Waals surface area contributed by atoms with E-state index in [-0.39, 0.29) is 18.4 Å². The molecule has 2 unspecified atom stereocenters. The first-order chi connectivity index (χ1) is 10.2. The Hall–Kier alpha value is -1.50. The van der Waals surface area contributed by atoms with Gasteiger partial charge in [-0.25, -0.2) is 0 Å². The van der Waals surface area contributed by atoms with Crippen molar-refractivity contribution in [3.8, 4) is 11.8 Å². The van der Waals surface area contributed by atoms with Crippen LogP contribution in [0.3, 0.4) is 0 Å². The first-order valence-corrected chi connectivity index (χ1v) is 7.88. The maximum absolute atomic E-state index is 12.4. The predicted octanol–water partition coefficient (Wildman–Crippen LogP) is 3.02. The van der Waals surface area contributed by atoms with E-state index >= 15 is 0 Å². The van der Waals surface area contributed by atoms with Crippen LogP contribution in [0.5, 0.6) is 0 Å². The minimum Gasteiger partial charge on any atom is -0.325 e. The van der Waals surface area contributed by atoms with Crippen molar-refractivity contribution in [3.63, 3.8) is 0 Å². The number of nitrogens with one attached hydrogen (secondary N) is 1. The van der Waals surface area contributed by atoms with Gasteiger partial charge < -0.3 is 11.1 Å². The number of hydrogen-bond acceptors (Lipinski definition) is 2. The van der Waals surface area contributed by atoms with Crippen LogP contribution in [-0.4, -0.2) is 12.5 Å². The number of rotatable bonds is 2. The quantitative estimate of drug-likeness (QED) is 0.825. The van der Waals surface area contributed by atoms with Gasteiger partial charge in [0.05, 0.1) is 12.2 Å². The molecule has 1 aromatic carbocycles. The minimum absolute atomic E-state index is 0.130. The highest BCUT2D eigenvalue weighted by atomic mass is 35.5. The van der Waals surface area contributed by atoms with Crippen molar-refractivity contribution in [2.24, 2.45) is 23.5 Å². The van der Waals surface area contributed by atoms with E-state index < -0.39 is 0 Å². The normalized spacial score (nSPS) is 26.3. The standard InChI is InChI=1S/C17H19ClN2O/c18-12-7-8-15(11(10-12)4-3-9-19)20-17(21)16-13-5-1-2-6-14(13)16/h7-8,10,13-14,16H,1-2,5-6,9,19H2,(H,20,21). The fourth-order valence-corrected chi connectivity index (χ4v) is 3.64. The van der Waals surface area contributed by atoms with Crippen LogP contribution in [0.25, 0.3) is 0 Å². The Morgan fingerprint density at radius 2 is 2.05 bits per heavy atom. The molecule has 110 valence electrons. The number of anilines is 1. The summed E-state index contributed by atoms with van der Waals surface area (Å²) in [5, 5.41) is 3.63. The Balaban J connectivity index is 1.74. The van der Waals surface area contributed by atoms with Crippen LogP contribution in [-0.2, 0) is 4.79 Å². The molecule has 1 amide bonds. The van der Waals surface area contributed by atoms with E-state index in [0.717, 1.165) is 11.3 Å². The van der Waals surface area contributed by atoms with Crippen molar-refractivity contribution < 1.29 is 4.79 Å². The highest BCUT2D eigenvalue weighted by molar-refractivity contribution is 6.30. The van der Waals surface area contributed by atoms with Crippen LogP contribution in [0.2, 0.25) is 5.02 Å². The first-order valence-electron chi connectivity index (χ1n) is 7.50. The molecule has 3 nitrogen and oxygen atoms in total. The third kappa shape index (κ3) is 3.07. The third-order valence-corrected chi connectivity index (χ3v) is 4.76. The number of halogens is 1. The van der Waals surface area contributed by atoms with Crippen LogP contribution < -0.4 is 11.1 Å². The molecule has 2 atom stereocenters. The largest absolute Gasteiger partial charge is 0.325 e. The molecule has 0 heterocycles. The molecule has 3 N–H and O–H groups in total. The van der Waals surface area contributed by atoms with Crippen molar-refractivity contribution >= 4 is 23.2 Å². The van der Waals surface area contributed by atoms with E-state index in [0.29, 0.717) is 16.9 Å². The lowest BCUT2D eigenvalue weighted by atomic mass is 10.0. The molecular formula is C17H19ClN2O. The molecule has 0 aromatic heterocycles. The van der Waals surface area contributed by atoms with Gasteiger partial charge in [0.2, 0.25) is 5.91 Å². The zero-order chi connectivity index (χ0) is 14.8. The van der Waals surface area contributed by atoms with Gasteiger partial charge in [0.25, 0.3) is 0 Å². The summed E-state index contributed by atoms with van der Waals surface area (Å²) in [5.41, 5.74) is 6.87. The van der Waals surface area contributed by atoms with E-state index in [1.165, 1.54) is 25.7 Å². The number of carbonyl (C=O) groups is 1. The number of carbonyl (C=O) groups excluding carboxylic acids is 1. The topological polar surface area (TPSA) is 55.1 Å². The highest BCUT2D eigenvalue weighted by Gasteiger charge is 2.54. The Labute approximate surface area is 130 Å².